The molecule has 17 heavy (non-hydrogen) atoms. The van der Waals surface area contributed by atoms with Gasteiger partial charge in [0.2, 0.25) is 0 Å². The summed E-state index contributed by atoms with van der Waals surface area (Å²) in [6.07, 6.45) is -4.41. The van der Waals surface area contributed by atoms with Gasteiger partial charge in [0, 0.05) is 0 Å². The third-order valence-electron chi connectivity index (χ3n) is 2.93. The van der Waals surface area contributed by atoms with Gasteiger partial charge in [0.1, 0.15) is 6.04 Å². The molecule has 0 aliphatic carbocycles. The maximum absolute atomic E-state index is 12.6. The van der Waals surface area contributed by atoms with Gasteiger partial charge in [-0.1, -0.05) is 36.4 Å². The second-order valence-corrected chi connectivity index (χ2v) is 4.02. The standard InChI is InChI=1S/C13H12F3N/c1-8-10-5-3-2-4-9(10)6-7-11(8)12(17)13(14,15)16/h2-7,12H,17H2,1H3/t12-/m0/s1. The summed E-state index contributed by atoms with van der Waals surface area (Å²) in [7, 11) is 0. The van der Waals surface area contributed by atoms with Gasteiger partial charge in [-0.05, 0) is 28.8 Å². The van der Waals surface area contributed by atoms with Crippen LogP contribution in [0.5, 0.6) is 0 Å². The number of hydrogen-bond donors (Lipinski definition) is 1. The average molecular weight is 239 g/mol. The summed E-state index contributed by atoms with van der Waals surface area (Å²) in [6.45, 7) is 1.67. The van der Waals surface area contributed by atoms with Crippen molar-refractivity contribution in [2.75, 3.05) is 0 Å². The number of fused-ring (bicyclic) bond motifs is 1. The van der Waals surface area contributed by atoms with Gasteiger partial charge >= 0.3 is 6.18 Å². The van der Waals surface area contributed by atoms with Crippen molar-refractivity contribution in [2.45, 2.75) is 19.1 Å². The lowest BCUT2D eigenvalue weighted by molar-refractivity contribution is -0.149. The van der Waals surface area contributed by atoms with E-state index in [0.717, 1.165) is 10.8 Å². The number of hydrogen-bond acceptors (Lipinski definition) is 1. The topological polar surface area (TPSA) is 26.0 Å². The van der Waals surface area contributed by atoms with Crippen LogP contribution >= 0.6 is 0 Å². The van der Waals surface area contributed by atoms with Crippen molar-refractivity contribution in [3.63, 3.8) is 0 Å². The molecule has 0 aromatic heterocycles. The zero-order valence-corrected chi connectivity index (χ0v) is 9.25. The Morgan fingerprint density at radius 3 is 2.35 bits per heavy atom. The highest BCUT2D eigenvalue weighted by Gasteiger charge is 2.38. The highest BCUT2D eigenvalue weighted by molar-refractivity contribution is 5.86. The predicted octanol–water partition coefficient (Wildman–Crippen LogP) is 3.71. The van der Waals surface area contributed by atoms with E-state index in [4.69, 9.17) is 5.73 Å². The summed E-state index contributed by atoms with van der Waals surface area (Å²) in [4.78, 5) is 0. The Bertz CT molecular complexity index is 546. The molecule has 0 heterocycles. The van der Waals surface area contributed by atoms with Gasteiger partial charge < -0.3 is 5.73 Å². The fourth-order valence-electron chi connectivity index (χ4n) is 1.96. The van der Waals surface area contributed by atoms with Crippen LogP contribution in [0.3, 0.4) is 0 Å². The highest BCUT2D eigenvalue weighted by Crippen LogP contribution is 2.34. The van der Waals surface area contributed by atoms with Gasteiger partial charge in [-0.25, -0.2) is 0 Å². The second kappa shape index (κ2) is 4.04. The second-order valence-electron chi connectivity index (χ2n) is 4.02. The molecule has 90 valence electrons. The van der Waals surface area contributed by atoms with Crippen LogP contribution in [0, 0.1) is 6.92 Å². The number of benzene rings is 2. The molecular formula is C13H12F3N. The van der Waals surface area contributed by atoms with Crippen LogP contribution in [0.15, 0.2) is 36.4 Å². The first-order valence-electron chi connectivity index (χ1n) is 5.22. The molecule has 4 heteroatoms. The zero-order chi connectivity index (χ0) is 12.6. The molecule has 0 saturated carbocycles. The van der Waals surface area contributed by atoms with E-state index in [1.807, 2.05) is 12.1 Å². The van der Waals surface area contributed by atoms with Crippen LogP contribution in [0.4, 0.5) is 13.2 Å². The molecule has 0 fully saturated rings. The fraction of sp³-hybridized carbons (Fsp3) is 0.231. The first-order chi connectivity index (χ1) is 7.91. The first kappa shape index (κ1) is 11.9. The summed E-state index contributed by atoms with van der Waals surface area (Å²) in [5.74, 6) is 0. The first-order valence-corrected chi connectivity index (χ1v) is 5.22. The third-order valence-corrected chi connectivity index (χ3v) is 2.93. The quantitative estimate of drug-likeness (QED) is 0.806. The largest absolute Gasteiger partial charge is 0.407 e. The van der Waals surface area contributed by atoms with E-state index >= 15 is 0 Å². The van der Waals surface area contributed by atoms with Crippen LogP contribution in [-0.4, -0.2) is 6.18 Å². The maximum Gasteiger partial charge on any atom is 0.407 e. The third kappa shape index (κ3) is 2.13. The summed E-state index contributed by atoms with van der Waals surface area (Å²) < 4.78 is 37.8. The number of halogens is 3. The summed E-state index contributed by atoms with van der Waals surface area (Å²) in [5, 5.41) is 1.73. The molecular weight excluding hydrogens is 227 g/mol. The van der Waals surface area contributed by atoms with Crippen LogP contribution in [0.1, 0.15) is 17.2 Å². The molecule has 0 amide bonds. The Morgan fingerprint density at radius 1 is 1.06 bits per heavy atom. The molecule has 0 bridgehead atoms. The van der Waals surface area contributed by atoms with Crippen molar-refractivity contribution in [3.05, 3.63) is 47.5 Å². The Kier molecular flexibility index (Phi) is 2.83. The van der Waals surface area contributed by atoms with Gasteiger partial charge in [0.25, 0.3) is 0 Å². The van der Waals surface area contributed by atoms with Crippen LogP contribution < -0.4 is 5.73 Å². The summed E-state index contributed by atoms with van der Waals surface area (Å²) >= 11 is 0. The number of aryl methyl sites for hydroxylation is 1. The molecule has 0 unspecified atom stereocenters. The molecule has 0 radical (unpaired) electrons. The number of rotatable bonds is 1. The molecule has 0 saturated heterocycles. The molecule has 2 aromatic rings. The van der Waals surface area contributed by atoms with Crippen molar-refractivity contribution in [2.24, 2.45) is 5.73 Å². The zero-order valence-electron chi connectivity index (χ0n) is 9.25. The summed E-state index contributed by atoms with van der Waals surface area (Å²) in [5.41, 5.74) is 5.96. The van der Waals surface area contributed by atoms with E-state index in [1.165, 1.54) is 6.07 Å². The fourth-order valence-corrected chi connectivity index (χ4v) is 1.96. The van der Waals surface area contributed by atoms with Crippen LogP contribution in [0.25, 0.3) is 10.8 Å². The van der Waals surface area contributed by atoms with Crippen LogP contribution in [-0.2, 0) is 0 Å². The van der Waals surface area contributed by atoms with E-state index in [2.05, 4.69) is 0 Å². The minimum Gasteiger partial charge on any atom is -0.316 e. The van der Waals surface area contributed by atoms with E-state index in [0.29, 0.717) is 5.56 Å². The molecule has 2 aromatic carbocycles. The van der Waals surface area contributed by atoms with Gasteiger partial charge in [-0.15, -0.1) is 0 Å². The van der Waals surface area contributed by atoms with Crippen molar-refractivity contribution in [3.8, 4) is 0 Å². The van der Waals surface area contributed by atoms with Crippen molar-refractivity contribution in [1.29, 1.82) is 0 Å². The van der Waals surface area contributed by atoms with Gasteiger partial charge in [0.15, 0.2) is 0 Å². The van der Waals surface area contributed by atoms with Crippen LogP contribution in [0.2, 0.25) is 0 Å². The number of alkyl halides is 3. The Morgan fingerprint density at radius 2 is 1.71 bits per heavy atom. The molecule has 0 aliphatic rings. The molecule has 1 atom stereocenters. The lowest BCUT2D eigenvalue weighted by Gasteiger charge is -2.19. The van der Waals surface area contributed by atoms with E-state index in [1.54, 1.807) is 25.1 Å². The minimum atomic E-state index is -4.41. The highest BCUT2D eigenvalue weighted by atomic mass is 19.4. The molecule has 0 aliphatic heterocycles. The molecule has 2 N–H and O–H groups in total. The lowest BCUT2D eigenvalue weighted by atomic mass is 9.95. The molecule has 0 spiro atoms. The Labute approximate surface area is 97.0 Å². The SMILES string of the molecule is Cc1c([C@H](N)C(F)(F)F)ccc2ccccc12. The average Bonchev–Trinajstić information content (AvgIpc) is 2.28. The Balaban J connectivity index is 2.61. The minimum absolute atomic E-state index is 0.135. The van der Waals surface area contributed by atoms with E-state index in [-0.39, 0.29) is 5.56 Å². The van der Waals surface area contributed by atoms with Gasteiger partial charge in [-0.2, -0.15) is 13.2 Å². The predicted molar refractivity (Wildman–Crippen MR) is 61.7 cm³/mol. The van der Waals surface area contributed by atoms with E-state index < -0.39 is 12.2 Å². The lowest BCUT2D eigenvalue weighted by Crippen LogP contribution is -2.29. The van der Waals surface area contributed by atoms with Gasteiger partial charge in [0.05, 0.1) is 0 Å². The van der Waals surface area contributed by atoms with Gasteiger partial charge in [-0.3, -0.25) is 0 Å². The van der Waals surface area contributed by atoms with E-state index in [9.17, 15) is 13.2 Å². The number of nitrogens with two attached hydrogens (primary N) is 1. The van der Waals surface area contributed by atoms with Crippen molar-refractivity contribution in [1.82, 2.24) is 0 Å². The maximum atomic E-state index is 12.6. The van der Waals surface area contributed by atoms with Crippen molar-refractivity contribution >= 4 is 10.8 Å². The monoisotopic (exact) mass is 239 g/mol. The molecule has 1 nitrogen and oxygen atoms in total. The summed E-state index contributed by atoms with van der Waals surface area (Å²) in [6, 6.07) is 8.53. The van der Waals surface area contributed by atoms with Crippen molar-refractivity contribution < 1.29 is 13.2 Å². The normalized spacial score (nSPS) is 13.9. The smallest absolute Gasteiger partial charge is 0.316 e. The molecule has 2 rings (SSSR count). The Hall–Kier alpha value is -1.55.